The Balaban J connectivity index is 2.52. The van der Waals surface area contributed by atoms with E-state index in [4.69, 9.17) is 4.74 Å². The highest BCUT2D eigenvalue weighted by Gasteiger charge is 2.25. The lowest BCUT2D eigenvalue weighted by atomic mass is 10.1. The summed E-state index contributed by atoms with van der Waals surface area (Å²) in [5, 5.41) is 0. The van der Waals surface area contributed by atoms with Gasteiger partial charge in [-0.1, -0.05) is 13.0 Å². The van der Waals surface area contributed by atoms with E-state index in [1.165, 1.54) is 10.6 Å². The van der Waals surface area contributed by atoms with Crippen molar-refractivity contribution in [1.82, 2.24) is 0 Å². The van der Waals surface area contributed by atoms with Crippen LogP contribution in [0, 0.1) is 0 Å². The van der Waals surface area contributed by atoms with Crippen LogP contribution < -0.4 is 9.04 Å². The second-order valence-electron chi connectivity index (χ2n) is 3.84. The summed E-state index contributed by atoms with van der Waals surface area (Å²) in [6, 6.07) is 5.69. The van der Waals surface area contributed by atoms with Crippen LogP contribution in [-0.2, 0) is 16.4 Å². The van der Waals surface area contributed by atoms with Crippen molar-refractivity contribution in [2.45, 2.75) is 13.3 Å². The molecule has 0 saturated heterocycles. The molecule has 0 aliphatic carbocycles. The number of fused-ring (bicyclic) bond motifs is 1. The highest BCUT2D eigenvalue weighted by Crippen LogP contribution is 2.33. The largest absolute Gasteiger partial charge is 0.489 e. The zero-order chi connectivity index (χ0) is 11.8. The number of hydrogen-bond donors (Lipinski definition) is 0. The summed E-state index contributed by atoms with van der Waals surface area (Å²) in [6.45, 7) is 2.83. The molecule has 0 amide bonds. The van der Waals surface area contributed by atoms with Gasteiger partial charge in [0.1, 0.15) is 12.4 Å². The molecule has 0 fully saturated rings. The average Bonchev–Trinajstić information content (AvgIpc) is 2.26. The maximum Gasteiger partial charge on any atom is 0.232 e. The lowest BCUT2D eigenvalue weighted by Crippen LogP contribution is -2.37. The van der Waals surface area contributed by atoms with Crippen LogP contribution in [-0.4, -0.2) is 27.8 Å². The maximum absolute atomic E-state index is 11.6. The molecular weight excluding hydrogens is 226 g/mol. The van der Waals surface area contributed by atoms with E-state index in [1.807, 2.05) is 25.1 Å². The van der Waals surface area contributed by atoms with Crippen molar-refractivity contribution in [3.8, 4) is 5.75 Å². The Hall–Kier alpha value is -1.23. The maximum atomic E-state index is 11.6. The van der Waals surface area contributed by atoms with Gasteiger partial charge in [0.25, 0.3) is 0 Å². The molecule has 0 aromatic heterocycles. The number of ether oxygens (including phenoxy) is 1. The fourth-order valence-corrected chi connectivity index (χ4v) is 2.71. The minimum absolute atomic E-state index is 0.388. The van der Waals surface area contributed by atoms with Crippen molar-refractivity contribution in [2.75, 3.05) is 23.7 Å². The fourth-order valence-electron chi connectivity index (χ4n) is 1.80. The molecule has 88 valence electrons. The molecule has 4 nitrogen and oxygen atoms in total. The van der Waals surface area contributed by atoms with Crippen molar-refractivity contribution in [3.63, 3.8) is 0 Å². The first-order valence-corrected chi connectivity index (χ1v) is 7.10. The van der Waals surface area contributed by atoms with Crippen LogP contribution in [0.2, 0.25) is 0 Å². The van der Waals surface area contributed by atoms with Crippen LogP contribution in [0.4, 0.5) is 5.69 Å². The molecule has 1 aliphatic rings. The number of benzene rings is 1. The van der Waals surface area contributed by atoms with E-state index in [9.17, 15) is 8.42 Å². The molecular formula is C11H15NO3S. The van der Waals surface area contributed by atoms with Crippen LogP contribution in [0.1, 0.15) is 12.5 Å². The second-order valence-corrected chi connectivity index (χ2v) is 5.75. The summed E-state index contributed by atoms with van der Waals surface area (Å²) >= 11 is 0. The SMILES string of the molecule is CCc1ccc2c(c1)N(S(C)(=O)=O)CCO2. The van der Waals surface area contributed by atoms with Gasteiger partial charge in [-0.05, 0) is 24.1 Å². The van der Waals surface area contributed by atoms with E-state index in [1.54, 1.807) is 0 Å². The molecule has 1 aromatic rings. The van der Waals surface area contributed by atoms with Gasteiger partial charge in [0.15, 0.2) is 0 Å². The van der Waals surface area contributed by atoms with Gasteiger partial charge in [0.2, 0.25) is 10.0 Å². The lowest BCUT2D eigenvalue weighted by molar-refractivity contribution is 0.316. The molecule has 5 heteroatoms. The van der Waals surface area contributed by atoms with Gasteiger partial charge in [0.05, 0.1) is 18.5 Å². The van der Waals surface area contributed by atoms with Gasteiger partial charge in [-0.15, -0.1) is 0 Å². The number of sulfonamides is 1. The zero-order valence-electron chi connectivity index (χ0n) is 9.43. The Morgan fingerprint density at radius 1 is 1.44 bits per heavy atom. The Labute approximate surface area is 95.9 Å². The zero-order valence-corrected chi connectivity index (χ0v) is 10.3. The Morgan fingerprint density at radius 3 is 2.81 bits per heavy atom. The van der Waals surface area contributed by atoms with Crippen molar-refractivity contribution in [3.05, 3.63) is 23.8 Å². The second kappa shape index (κ2) is 3.97. The van der Waals surface area contributed by atoms with E-state index in [2.05, 4.69) is 0 Å². The van der Waals surface area contributed by atoms with Gasteiger partial charge >= 0.3 is 0 Å². The molecule has 0 radical (unpaired) electrons. The molecule has 16 heavy (non-hydrogen) atoms. The topological polar surface area (TPSA) is 46.6 Å². The molecule has 0 N–H and O–H groups in total. The molecule has 0 unspecified atom stereocenters. The van der Waals surface area contributed by atoms with E-state index >= 15 is 0 Å². The van der Waals surface area contributed by atoms with Crippen LogP contribution in [0.15, 0.2) is 18.2 Å². The highest BCUT2D eigenvalue weighted by molar-refractivity contribution is 7.92. The summed E-state index contributed by atoms with van der Waals surface area (Å²) in [5.41, 5.74) is 1.77. The predicted molar refractivity (Wildman–Crippen MR) is 63.5 cm³/mol. The molecule has 0 saturated carbocycles. The van der Waals surface area contributed by atoms with Crippen LogP contribution in [0.25, 0.3) is 0 Å². The van der Waals surface area contributed by atoms with Crippen LogP contribution in [0.5, 0.6) is 5.75 Å². The van der Waals surface area contributed by atoms with Crippen molar-refractivity contribution < 1.29 is 13.2 Å². The monoisotopic (exact) mass is 241 g/mol. The lowest BCUT2D eigenvalue weighted by Gasteiger charge is -2.29. The molecule has 2 rings (SSSR count). The van der Waals surface area contributed by atoms with Gasteiger partial charge in [0, 0.05) is 0 Å². The Morgan fingerprint density at radius 2 is 2.19 bits per heavy atom. The third-order valence-electron chi connectivity index (χ3n) is 2.65. The summed E-state index contributed by atoms with van der Waals surface area (Å²) in [6.07, 6.45) is 2.10. The Kier molecular flexibility index (Phi) is 2.80. The first-order valence-electron chi connectivity index (χ1n) is 5.26. The normalized spacial score (nSPS) is 15.5. The van der Waals surface area contributed by atoms with E-state index in [0.29, 0.717) is 24.6 Å². The standard InChI is InChI=1S/C11H15NO3S/c1-3-9-4-5-11-10(8-9)12(6-7-15-11)16(2,13)14/h4-5,8H,3,6-7H2,1-2H3. The number of hydrogen-bond acceptors (Lipinski definition) is 3. The van der Waals surface area contributed by atoms with Crippen LogP contribution in [0.3, 0.4) is 0 Å². The molecule has 0 bridgehead atoms. The average molecular weight is 241 g/mol. The van der Waals surface area contributed by atoms with Gasteiger partial charge in [-0.25, -0.2) is 8.42 Å². The fraction of sp³-hybridized carbons (Fsp3) is 0.455. The van der Waals surface area contributed by atoms with Crippen molar-refractivity contribution in [2.24, 2.45) is 0 Å². The number of aryl methyl sites for hydroxylation is 1. The highest BCUT2D eigenvalue weighted by atomic mass is 32.2. The van der Waals surface area contributed by atoms with Gasteiger partial charge in [-0.2, -0.15) is 0 Å². The van der Waals surface area contributed by atoms with Crippen molar-refractivity contribution >= 4 is 15.7 Å². The molecule has 1 aromatic carbocycles. The van der Waals surface area contributed by atoms with Crippen LogP contribution >= 0.6 is 0 Å². The Bertz CT molecular complexity index is 496. The molecule has 0 atom stereocenters. The summed E-state index contributed by atoms with van der Waals surface area (Å²) in [4.78, 5) is 0. The summed E-state index contributed by atoms with van der Waals surface area (Å²) < 4.78 is 30.1. The predicted octanol–water partition coefficient (Wildman–Crippen LogP) is 1.41. The van der Waals surface area contributed by atoms with Gasteiger partial charge in [-0.3, -0.25) is 4.31 Å². The van der Waals surface area contributed by atoms with E-state index in [0.717, 1.165) is 12.0 Å². The molecule has 1 aliphatic heterocycles. The summed E-state index contributed by atoms with van der Waals surface area (Å²) in [5.74, 6) is 0.647. The molecule has 0 spiro atoms. The number of rotatable bonds is 2. The quantitative estimate of drug-likeness (QED) is 0.786. The van der Waals surface area contributed by atoms with E-state index < -0.39 is 10.0 Å². The molecule has 1 heterocycles. The first kappa shape index (κ1) is 11.3. The smallest absolute Gasteiger partial charge is 0.232 e. The third-order valence-corrected chi connectivity index (χ3v) is 3.83. The summed E-state index contributed by atoms with van der Waals surface area (Å²) in [7, 11) is -3.21. The number of anilines is 1. The van der Waals surface area contributed by atoms with E-state index in [-0.39, 0.29) is 0 Å². The van der Waals surface area contributed by atoms with Crippen molar-refractivity contribution in [1.29, 1.82) is 0 Å². The minimum atomic E-state index is -3.21. The van der Waals surface area contributed by atoms with Gasteiger partial charge < -0.3 is 4.74 Å². The minimum Gasteiger partial charge on any atom is -0.489 e. The third kappa shape index (κ3) is 2.00. The first-order chi connectivity index (χ1) is 7.52. The number of nitrogens with zero attached hydrogens (tertiary/aromatic N) is 1.